The highest BCUT2D eigenvalue weighted by Crippen LogP contribution is 2.25. The second kappa shape index (κ2) is 9.69. The van der Waals surface area contributed by atoms with E-state index in [4.69, 9.17) is 0 Å². The van der Waals surface area contributed by atoms with Crippen molar-refractivity contribution in [3.05, 3.63) is 46.8 Å². The third-order valence-electron chi connectivity index (χ3n) is 6.01. The number of aryl methyl sites for hydroxylation is 1. The van der Waals surface area contributed by atoms with Crippen LogP contribution in [0.5, 0.6) is 0 Å². The van der Waals surface area contributed by atoms with Gasteiger partial charge < -0.3 is 9.80 Å². The Morgan fingerprint density at radius 2 is 1.93 bits per heavy atom. The number of hydrogen-bond acceptors (Lipinski definition) is 3. The first-order valence-corrected chi connectivity index (χ1v) is 10.8. The molecule has 2 heterocycles. The van der Waals surface area contributed by atoms with Gasteiger partial charge in [-0.15, -0.1) is 0 Å². The molecule has 0 atom stereocenters. The van der Waals surface area contributed by atoms with Gasteiger partial charge in [-0.25, -0.2) is 13.5 Å². The van der Waals surface area contributed by atoms with Crippen LogP contribution in [0.2, 0.25) is 0 Å². The van der Waals surface area contributed by atoms with E-state index < -0.39 is 11.6 Å². The van der Waals surface area contributed by atoms with E-state index in [1.54, 1.807) is 13.8 Å². The van der Waals surface area contributed by atoms with Crippen LogP contribution >= 0.6 is 0 Å². The molecule has 1 aliphatic rings. The van der Waals surface area contributed by atoms with Gasteiger partial charge in [-0.1, -0.05) is 13.3 Å². The third-order valence-corrected chi connectivity index (χ3v) is 6.01. The van der Waals surface area contributed by atoms with Gasteiger partial charge in [0.05, 0.1) is 17.0 Å². The summed E-state index contributed by atoms with van der Waals surface area (Å²) in [5, 5.41) is 4.37. The maximum absolute atomic E-state index is 14.2. The van der Waals surface area contributed by atoms with Crippen LogP contribution in [0.15, 0.2) is 18.2 Å². The molecule has 164 valence electrons. The van der Waals surface area contributed by atoms with Gasteiger partial charge in [0.2, 0.25) is 0 Å². The van der Waals surface area contributed by atoms with Gasteiger partial charge >= 0.3 is 0 Å². The molecule has 0 saturated carbocycles. The van der Waals surface area contributed by atoms with Crippen LogP contribution in [-0.4, -0.2) is 58.7 Å². The van der Waals surface area contributed by atoms with Crippen LogP contribution in [0.3, 0.4) is 0 Å². The quantitative estimate of drug-likeness (QED) is 0.671. The van der Waals surface area contributed by atoms with Crippen molar-refractivity contribution in [2.24, 2.45) is 5.92 Å². The number of carbonyl (C=O) groups is 1. The minimum atomic E-state index is -0.701. The van der Waals surface area contributed by atoms with E-state index in [-0.39, 0.29) is 11.6 Å². The van der Waals surface area contributed by atoms with Crippen molar-refractivity contribution >= 4 is 5.91 Å². The number of aromatic nitrogens is 2. The standard InChI is InChI=1S/C23H32F2N4O/c1-5-6-11-27(4)15-18-9-12-28(13-10-18)23(30)22-16(2)26-29(17(22)3)21-8-7-19(24)14-20(21)25/h7-8,14,18H,5-6,9-13,15H2,1-4H3. The van der Waals surface area contributed by atoms with Gasteiger partial charge in [-0.3, -0.25) is 4.79 Å². The van der Waals surface area contributed by atoms with Gasteiger partial charge in [-0.05, 0) is 64.8 Å². The zero-order valence-electron chi connectivity index (χ0n) is 18.4. The van der Waals surface area contributed by atoms with Crippen LogP contribution in [0.25, 0.3) is 5.69 Å². The van der Waals surface area contributed by atoms with Crippen molar-refractivity contribution in [2.45, 2.75) is 46.5 Å². The van der Waals surface area contributed by atoms with E-state index in [1.807, 2.05) is 4.90 Å². The molecule has 3 rings (SSSR count). The Balaban J connectivity index is 1.69. The molecule has 0 spiro atoms. The highest BCUT2D eigenvalue weighted by atomic mass is 19.1. The largest absolute Gasteiger partial charge is 0.339 e. The Morgan fingerprint density at radius 1 is 1.23 bits per heavy atom. The summed E-state index contributed by atoms with van der Waals surface area (Å²) in [7, 11) is 2.17. The van der Waals surface area contributed by atoms with E-state index in [9.17, 15) is 13.6 Å². The Kier molecular flexibility index (Phi) is 7.23. The average Bonchev–Trinajstić information content (AvgIpc) is 3.00. The van der Waals surface area contributed by atoms with Crippen molar-refractivity contribution in [1.82, 2.24) is 19.6 Å². The van der Waals surface area contributed by atoms with Crippen molar-refractivity contribution in [3.63, 3.8) is 0 Å². The SMILES string of the molecule is CCCCN(C)CC1CCN(C(=O)c2c(C)nn(-c3ccc(F)cc3F)c2C)CC1. The highest BCUT2D eigenvalue weighted by molar-refractivity contribution is 5.96. The molecule has 0 radical (unpaired) electrons. The number of hydrogen-bond donors (Lipinski definition) is 0. The van der Waals surface area contributed by atoms with E-state index >= 15 is 0 Å². The summed E-state index contributed by atoms with van der Waals surface area (Å²) in [6.45, 7) is 9.35. The van der Waals surface area contributed by atoms with Gasteiger partial charge in [0.25, 0.3) is 5.91 Å². The highest BCUT2D eigenvalue weighted by Gasteiger charge is 2.28. The number of piperidine rings is 1. The third kappa shape index (κ3) is 4.89. The number of benzene rings is 1. The smallest absolute Gasteiger partial charge is 0.257 e. The maximum atomic E-state index is 14.2. The molecule has 7 heteroatoms. The van der Waals surface area contributed by atoms with Crippen molar-refractivity contribution < 1.29 is 13.6 Å². The molecule has 1 saturated heterocycles. The fraction of sp³-hybridized carbons (Fsp3) is 0.565. The Morgan fingerprint density at radius 3 is 2.57 bits per heavy atom. The Hall–Kier alpha value is -2.28. The Bertz CT molecular complexity index is 888. The zero-order chi connectivity index (χ0) is 21.8. The molecule has 1 amide bonds. The molecule has 0 N–H and O–H groups in total. The van der Waals surface area contributed by atoms with E-state index in [0.717, 1.165) is 45.1 Å². The lowest BCUT2D eigenvalue weighted by Crippen LogP contribution is -2.41. The molecule has 30 heavy (non-hydrogen) atoms. The van der Waals surface area contributed by atoms with Crippen LogP contribution in [-0.2, 0) is 0 Å². The number of rotatable bonds is 7. The summed E-state index contributed by atoms with van der Waals surface area (Å²) in [6, 6.07) is 3.37. The van der Waals surface area contributed by atoms with Crippen LogP contribution in [0.4, 0.5) is 8.78 Å². The molecule has 1 aliphatic heterocycles. The molecule has 0 bridgehead atoms. The fourth-order valence-electron chi connectivity index (χ4n) is 4.28. The first kappa shape index (κ1) is 22.4. The van der Waals surface area contributed by atoms with Crippen molar-refractivity contribution in [1.29, 1.82) is 0 Å². The van der Waals surface area contributed by atoms with E-state index in [0.29, 0.717) is 22.9 Å². The monoisotopic (exact) mass is 418 g/mol. The molecule has 0 aliphatic carbocycles. The molecule has 5 nitrogen and oxygen atoms in total. The molecular formula is C23H32F2N4O. The molecule has 2 aromatic rings. The second-order valence-corrected chi connectivity index (χ2v) is 8.40. The summed E-state index contributed by atoms with van der Waals surface area (Å²) in [5.74, 6) is -0.796. The summed E-state index contributed by atoms with van der Waals surface area (Å²) in [4.78, 5) is 17.5. The predicted molar refractivity (Wildman–Crippen MR) is 114 cm³/mol. The lowest BCUT2D eigenvalue weighted by atomic mass is 9.95. The topological polar surface area (TPSA) is 41.4 Å². The summed E-state index contributed by atoms with van der Waals surface area (Å²) in [6.07, 6.45) is 4.39. The lowest BCUT2D eigenvalue weighted by molar-refractivity contribution is 0.0671. The van der Waals surface area contributed by atoms with Gasteiger partial charge in [0.15, 0.2) is 5.82 Å². The molecule has 1 fully saturated rings. The second-order valence-electron chi connectivity index (χ2n) is 8.40. The van der Waals surface area contributed by atoms with Crippen molar-refractivity contribution in [3.8, 4) is 5.69 Å². The molecule has 1 aromatic heterocycles. The zero-order valence-corrected chi connectivity index (χ0v) is 18.4. The van der Waals surface area contributed by atoms with Crippen LogP contribution in [0.1, 0.15) is 54.4 Å². The summed E-state index contributed by atoms with van der Waals surface area (Å²) in [5.41, 5.74) is 1.79. The van der Waals surface area contributed by atoms with E-state index in [1.165, 1.54) is 29.7 Å². The molecular weight excluding hydrogens is 386 g/mol. The predicted octanol–water partition coefficient (Wildman–Crippen LogP) is 4.35. The number of nitrogens with zero attached hydrogens (tertiary/aromatic N) is 4. The average molecular weight is 419 g/mol. The number of likely N-dealkylation sites (tertiary alicyclic amines) is 1. The normalized spacial score (nSPS) is 15.2. The maximum Gasteiger partial charge on any atom is 0.257 e. The first-order valence-electron chi connectivity index (χ1n) is 10.8. The Labute approximate surface area is 177 Å². The number of amides is 1. The van der Waals surface area contributed by atoms with Gasteiger partial charge in [-0.2, -0.15) is 5.10 Å². The summed E-state index contributed by atoms with van der Waals surface area (Å²) >= 11 is 0. The fourth-order valence-corrected chi connectivity index (χ4v) is 4.28. The minimum Gasteiger partial charge on any atom is -0.339 e. The van der Waals surface area contributed by atoms with Gasteiger partial charge in [0, 0.05) is 25.7 Å². The minimum absolute atomic E-state index is 0.0587. The number of carbonyl (C=O) groups excluding carboxylic acids is 1. The van der Waals surface area contributed by atoms with Crippen molar-refractivity contribution in [2.75, 3.05) is 33.2 Å². The van der Waals surface area contributed by atoms with Crippen LogP contribution in [0, 0.1) is 31.4 Å². The van der Waals surface area contributed by atoms with E-state index in [2.05, 4.69) is 24.0 Å². The molecule has 1 aromatic carbocycles. The molecule has 0 unspecified atom stereocenters. The van der Waals surface area contributed by atoms with Crippen LogP contribution < -0.4 is 0 Å². The number of unbranched alkanes of at least 4 members (excludes halogenated alkanes) is 1. The lowest BCUT2D eigenvalue weighted by Gasteiger charge is -2.34. The first-order chi connectivity index (χ1) is 14.3. The summed E-state index contributed by atoms with van der Waals surface area (Å²) < 4.78 is 28.9. The van der Waals surface area contributed by atoms with Gasteiger partial charge in [0.1, 0.15) is 11.5 Å². The number of halogens is 2.